The summed E-state index contributed by atoms with van der Waals surface area (Å²) in [6, 6.07) is 1.82. The summed E-state index contributed by atoms with van der Waals surface area (Å²) in [4.78, 5) is 13.8. The summed E-state index contributed by atoms with van der Waals surface area (Å²) < 4.78 is 5.36. The lowest BCUT2D eigenvalue weighted by Gasteiger charge is -2.15. The molecule has 0 atom stereocenters. The van der Waals surface area contributed by atoms with Crippen molar-refractivity contribution in [2.45, 2.75) is 26.7 Å². The Kier molecular flexibility index (Phi) is 2.55. The van der Waals surface area contributed by atoms with Crippen molar-refractivity contribution in [3.63, 3.8) is 0 Å². The van der Waals surface area contributed by atoms with E-state index in [1.165, 1.54) is 12.8 Å². The SMILES string of the molecule is Cc1cc(C(=O)N(C)CC2CC2)c(C)o1. The van der Waals surface area contributed by atoms with Crippen molar-refractivity contribution < 1.29 is 9.21 Å². The Balaban J connectivity index is 2.08. The molecule has 1 aromatic rings. The first kappa shape index (κ1) is 10.3. The highest BCUT2D eigenvalue weighted by molar-refractivity contribution is 5.95. The Labute approximate surface area is 90.1 Å². The molecule has 0 aromatic carbocycles. The van der Waals surface area contributed by atoms with Gasteiger partial charge in [-0.15, -0.1) is 0 Å². The van der Waals surface area contributed by atoms with E-state index in [-0.39, 0.29) is 5.91 Å². The second-order valence-electron chi connectivity index (χ2n) is 4.46. The largest absolute Gasteiger partial charge is 0.466 e. The second-order valence-corrected chi connectivity index (χ2v) is 4.46. The standard InChI is InChI=1S/C12H17NO2/c1-8-6-11(9(2)15-8)12(14)13(3)7-10-4-5-10/h6,10H,4-5,7H2,1-3H3. The normalized spacial score (nSPS) is 15.4. The molecule has 0 spiro atoms. The van der Waals surface area contributed by atoms with Gasteiger partial charge in [0.05, 0.1) is 5.56 Å². The molecule has 82 valence electrons. The summed E-state index contributed by atoms with van der Waals surface area (Å²) >= 11 is 0. The van der Waals surface area contributed by atoms with E-state index in [4.69, 9.17) is 4.42 Å². The summed E-state index contributed by atoms with van der Waals surface area (Å²) in [5, 5.41) is 0. The molecule has 2 rings (SSSR count). The first-order valence-electron chi connectivity index (χ1n) is 5.40. The molecule has 0 saturated heterocycles. The van der Waals surface area contributed by atoms with Crippen LogP contribution in [0.1, 0.15) is 34.7 Å². The van der Waals surface area contributed by atoms with Crippen molar-refractivity contribution in [3.8, 4) is 0 Å². The van der Waals surface area contributed by atoms with Crippen LogP contribution in [0.4, 0.5) is 0 Å². The van der Waals surface area contributed by atoms with Gasteiger partial charge in [0.15, 0.2) is 0 Å². The minimum atomic E-state index is 0.0799. The number of carbonyl (C=O) groups excluding carboxylic acids is 1. The van der Waals surface area contributed by atoms with Crippen LogP contribution in [0.3, 0.4) is 0 Å². The van der Waals surface area contributed by atoms with Gasteiger partial charge in [-0.2, -0.15) is 0 Å². The minimum absolute atomic E-state index is 0.0799. The average Bonchev–Trinajstić information content (AvgIpc) is 2.90. The third kappa shape index (κ3) is 2.22. The van der Waals surface area contributed by atoms with Crippen LogP contribution >= 0.6 is 0 Å². The van der Waals surface area contributed by atoms with Gasteiger partial charge in [0, 0.05) is 13.6 Å². The topological polar surface area (TPSA) is 33.5 Å². The molecule has 1 saturated carbocycles. The van der Waals surface area contributed by atoms with E-state index in [2.05, 4.69) is 0 Å². The van der Waals surface area contributed by atoms with Crippen molar-refractivity contribution >= 4 is 5.91 Å². The highest BCUT2D eigenvalue weighted by Crippen LogP contribution is 2.30. The van der Waals surface area contributed by atoms with E-state index < -0.39 is 0 Å². The van der Waals surface area contributed by atoms with Crippen molar-refractivity contribution in [2.24, 2.45) is 5.92 Å². The van der Waals surface area contributed by atoms with Gasteiger partial charge in [-0.05, 0) is 38.7 Å². The van der Waals surface area contributed by atoms with Gasteiger partial charge in [0.1, 0.15) is 11.5 Å². The van der Waals surface area contributed by atoms with Crippen molar-refractivity contribution in [1.29, 1.82) is 0 Å². The molecule has 0 unspecified atom stereocenters. The maximum Gasteiger partial charge on any atom is 0.257 e. The van der Waals surface area contributed by atoms with Crippen LogP contribution < -0.4 is 0 Å². The molecule has 1 aliphatic rings. The van der Waals surface area contributed by atoms with Gasteiger partial charge >= 0.3 is 0 Å². The van der Waals surface area contributed by atoms with E-state index in [0.717, 1.165) is 24.0 Å². The van der Waals surface area contributed by atoms with Crippen LogP contribution in [-0.2, 0) is 0 Å². The van der Waals surface area contributed by atoms with Crippen molar-refractivity contribution in [1.82, 2.24) is 4.90 Å². The highest BCUT2D eigenvalue weighted by atomic mass is 16.3. The van der Waals surface area contributed by atoms with Crippen molar-refractivity contribution in [2.75, 3.05) is 13.6 Å². The first-order chi connectivity index (χ1) is 7.08. The van der Waals surface area contributed by atoms with Crippen LogP contribution in [0.15, 0.2) is 10.5 Å². The second kappa shape index (κ2) is 3.72. The lowest BCUT2D eigenvalue weighted by molar-refractivity contribution is 0.0787. The number of amides is 1. The zero-order chi connectivity index (χ0) is 11.0. The van der Waals surface area contributed by atoms with Gasteiger partial charge in [0.2, 0.25) is 0 Å². The fourth-order valence-electron chi connectivity index (χ4n) is 1.82. The zero-order valence-electron chi connectivity index (χ0n) is 9.54. The smallest absolute Gasteiger partial charge is 0.257 e. The van der Waals surface area contributed by atoms with Gasteiger partial charge in [-0.1, -0.05) is 0 Å². The predicted molar refractivity (Wildman–Crippen MR) is 57.9 cm³/mol. The van der Waals surface area contributed by atoms with Crippen LogP contribution in [0.2, 0.25) is 0 Å². The van der Waals surface area contributed by atoms with E-state index in [0.29, 0.717) is 5.56 Å². The summed E-state index contributed by atoms with van der Waals surface area (Å²) in [6.45, 7) is 4.58. The summed E-state index contributed by atoms with van der Waals surface area (Å²) in [7, 11) is 1.86. The van der Waals surface area contributed by atoms with Gasteiger partial charge in [-0.3, -0.25) is 4.79 Å². The molecule has 1 aromatic heterocycles. The quantitative estimate of drug-likeness (QED) is 0.762. The summed E-state index contributed by atoms with van der Waals surface area (Å²) in [6.07, 6.45) is 2.53. The molecule has 0 N–H and O–H groups in total. The molecule has 3 heteroatoms. The summed E-state index contributed by atoms with van der Waals surface area (Å²) in [5.74, 6) is 2.33. The van der Waals surface area contributed by atoms with Crippen LogP contribution in [-0.4, -0.2) is 24.4 Å². The molecule has 1 aliphatic carbocycles. The number of hydrogen-bond acceptors (Lipinski definition) is 2. The average molecular weight is 207 g/mol. The Morgan fingerprint density at radius 3 is 2.67 bits per heavy atom. The molecular weight excluding hydrogens is 190 g/mol. The maximum absolute atomic E-state index is 12.0. The van der Waals surface area contributed by atoms with Crippen LogP contribution in [0, 0.1) is 19.8 Å². The molecular formula is C12H17NO2. The van der Waals surface area contributed by atoms with Gasteiger partial charge in [0.25, 0.3) is 5.91 Å². The number of rotatable bonds is 3. The molecule has 0 aliphatic heterocycles. The molecule has 0 bridgehead atoms. The third-order valence-electron chi connectivity index (χ3n) is 2.85. The number of furan rings is 1. The number of carbonyl (C=O) groups is 1. The highest BCUT2D eigenvalue weighted by Gasteiger charge is 2.26. The minimum Gasteiger partial charge on any atom is -0.466 e. The first-order valence-corrected chi connectivity index (χ1v) is 5.40. The van der Waals surface area contributed by atoms with Crippen LogP contribution in [0.5, 0.6) is 0 Å². The Hall–Kier alpha value is -1.25. The summed E-state index contributed by atoms with van der Waals surface area (Å²) in [5.41, 5.74) is 0.704. The number of aryl methyl sites for hydroxylation is 2. The number of hydrogen-bond donors (Lipinski definition) is 0. The van der Waals surface area contributed by atoms with Crippen molar-refractivity contribution in [3.05, 3.63) is 23.2 Å². The van der Waals surface area contributed by atoms with Gasteiger partial charge < -0.3 is 9.32 Å². The third-order valence-corrected chi connectivity index (χ3v) is 2.85. The number of nitrogens with zero attached hydrogens (tertiary/aromatic N) is 1. The lowest BCUT2D eigenvalue weighted by atomic mass is 10.2. The maximum atomic E-state index is 12.0. The Morgan fingerprint density at radius 1 is 1.53 bits per heavy atom. The molecule has 0 radical (unpaired) electrons. The molecule has 1 amide bonds. The Bertz CT molecular complexity index is 377. The predicted octanol–water partition coefficient (Wildman–Crippen LogP) is 2.38. The van der Waals surface area contributed by atoms with Crippen LogP contribution in [0.25, 0.3) is 0 Å². The Morgan fingerprint density at radius 2 is 2.20 bits per heavy atom. The lowest BCUT2D eigenvalue weighted by Crippen LogP contribution is -2.28. The monoisotopic (exact) mass is 207 g/mol. The zero-order valence-corrected chi connectivity index (χ0v) is 9.54. The van der Waals surface area contributed by atoms with E-state index in [9.17, 15) is 4.79 Å². The molecule has 1 heterocycles. The van der Waals surface area contributed by atoms with Gasteiger partial charge in [-0.25, -0.2) is 0 Å². The molecule has 15 heavy (non-hydrogen) atoms. The van der Waals surface area contributed by atoms with E-state index in [1.54, 1.807) is 4.90 Å². The van der Waals surface area contributed by atoms with E-state index >= 15 is 0 Å². The molecule has 1 fully saturated rings. The fraction of sp³-hybridized carbons (Fsp3) is 0.583. The van der Waals surface area contributed by atoms with E-state index in [1.807, 2.05) is 27.0 Å². The molecule has 3 nitrogen and oxygen atoms in total. The fourth-order valence-corrected chi connectivity index (χ4v) is 1.82.